The monoisotopic (exact) mass is 264 g/mol. The highest BCUT2D eigenvalue weighted by atomic mass is 16.6. The van der Waals surface area contributed by atoms with Crippen molar-refractivity contribution in [3.8, 4) is 0 Å². The zero-order valence-corrected chi connectivity index (χ0v) is 10.7. The van der Waals surface area contributed by atoms with Gasteiger partial charge < -0.3 is 10.4 Å². The lowest BCUT2D eigenvalue weighted by molar-refractivity contribution is -0.385. The third kappa shape index (κ3) is 2.83. The molecule has 1 aliphatic rings. The summed E-state index contributed by atoms with van der Waals surface area (Å²) >= 11 is 0. The summed E-state index contributed by atoms with van der Waals surface area (Å²) < 4.78 is 0. The molecule has 0 heterocycles. The summed E-state index contributed by atoms with van der Waals surface area (Å²) in [6.45, 7) is 2.90. The lowest BCUT2D eigenvalue weighted by Crippen LogP contribution is -2.14. The molecular weight excluding hydrogens is 248 g/mol. The van der Waals surface area contributed by atoms with Gasteiger partial charge in [0.15, 0.2) is 0 Å². The normalized spacial score (nSPS) is 15.8. The molecule has 0 atom stereocenters. The molecule has 0 saturated heterocycles. The van der Waals surface area contributed by atoms with Crippen molar-refractivity contribution in [1.29, 1.82) is 0 Å². The zero-order valence-electron chi connectivity index (χ0n) is 10.7. The Morgan fingerprint density at radius 1 is 1.53 bits per heavy atom. The topological polar surface area (TPSA) is 92.5 Å². The second-order valence-electron chi connectivity index (χ2n) is 5.00. The molecule has 0 spiro atoms. The van der Waals surface area contributed by atoms with Crippen LogP contribution in [0.3, 0.4) is 0 Å². The molecule has 6 heteroatoms. The van der Waals surface area contributed by atoms with Gasteiger partial charge in [-0.2, -0.15) is 0 Å². The highest BCUT2D eigenvalue weighted by Crippen LogP contribution is 2.48. The molecule has 1 aliphatic carbocycles. The second-order valence-corrected chi connectivity index (χ2v) is 5.00. The van der Waals surface area contributed by atoms with E-state index in [0.717, 1.165) is 13.0 Å². The third-order valence-corrected chi connectivity index (χ3v) is 3.80. The number of aromatic carboxylic acids is 1. The Hall–Kier alpha value is -2.11. The molecule has 2 rings (SSSR count). The second kappa shape index (κ2) is 4.87. The van der Waals surface area contributed by atoms with Crippen molar-refractivity contribution in [1.82, 2.24) is 0 Å². The van der Waals surface area contributed by atoms with Crippen molar-refractivity contribution in [3.05, 3.63) is 33.9 Å². The Morgan fingerprint density at radius 3 is 2.68 bits per heavy atom. The van der Waals surface area contributed by atoms with Gasteiger partial charge in [0.25, 0.3) is 5.69 Å². The van der Waals surface area contributed by atoms with Crippen LogP contribution in [-0.2, 0) is 0 Å². The van der Waals surface area contributed by atoms with Crippen LogP contribution in [0.15, 0.2) is 18.2 Å². The Balaban J connectivity index is 2.16. The lowest BCUT2D eigenvalue weighted by Gasteiger charge is -2.14. The van der Waals surface area contributed by atoms with E-state index < -0.39 is 10.9 Å². The summed E-state index contributed by atoms with van der Waals surface area (Å²) in [7, 11) is 0. The minimum Gasteiger partial charge on any atom is -0.477 e. The van der Waals surface area contributed by atoms with Gasteiger partial charge in [-0.3, -0.25) is 10.1 Å². The Morgan fingerprint density at radius 2 is 2.21 bits per heavy atom. The molecule has 1 aromatic rings. The molecule has 19 heavy (non-hydrogen) atoms. The van der Waals surface area contributed by atoms with Gasteiger partial charge in [-0.25, -0.2) is 4.79 Å². The van der Waals surface area contributed by atoms with Crippen molar-refractivity contribution >= 4 is 17.3 Å². The van der Waals surface area contributed by atoms with E-state index in [1.54, 1.807) is 6.07 Å². The number of benzene rings is 1. The SMILES string of the molecule is CCC1(CNc2ccc(C(=O)O)c([N+](=O)[O-])c2)CC1. The van der Waals surface area contributed by atoms with E-state index in [9.17, 15) is 14.9 Å². The van der Waals surface area contributed by atoms with Crippen molar-refractivity contribution in [2.45, 2.75) is 26.2 Å². The molecule has 0 aromatic heterocycles. The van der Waals surface area contributed by atoms with Gasteiger partial charge >= 0.3 is 5.97 Å². The number of anilines is 1. The minimum atomic E-state index is -1.29. The number of nitro benzene ring substituents is 1. The van der Waals surface area contributed by atoms with Gasteiger partial charge in [-0.05, 0) is 36.8 Å². The maximum atomic E-state index is 10.9. The van der Waals surface area contributed by atoms with Gasteiger partial charge in [0, 0.05) is 18.3 Å². The Labute approximate surface area is 110 Å². The summed E-state index contributed by atoms with van der Waals surface area (Å²) in [5.41, 5.74) is 0.253. The van der Waals surface area contributed by atoms with Crippen molar-refractivity contribution in [3.63, 3.8) is 0 Å². The predicted octanol–water partition coefficient (Wildman–Crippen LogP) is 2.90. The van der Waals surface area contributed by atoms with E-state index in [1.165, 1.54) is 25.0 Å². The van der Waals surface area contributed by atoms with Crippen molar-refractivity contribution in [2.75, 3.05) is 11.9 Å². The molecule has 0 unspecified atom stereocenters. The first kappa shape index (κ1) is 13.3. The lowest BCUT2D eigenvalue weighted by atomic mass is 10.0. The summed E-state index contributed by atoms with van der Waals surface area (Å²) in [6.07, 6.45) is 3.42. The maximum Gasteiger partial charge on any atom is 0.342 e. The average Bonchev–Trinajstić information content (AvgIpc) is 3.16. The molecular formula is C13H16N2O4. The molecule has 102 valence electrons. The number of nitro groups is 1. The fraction of sp³-hybridized carbons (Fsp3) is 0.462. The molecule has 1 fully saturated rings. The van der Waals surface area contributed by atoms with Crippen LogP contribution in [0.25, 0.3) is 0 Å². The van der Waals surface area contributed by atoms with Crippen LogP contribution in [-0.4, -0.2) is 22.5 Å². The molecule has 0 amide bonds. The standard InChI is InChI=1S/C13H16N2O4/c1-2-13(5-6-13)8-14-9-3-4-10(12(16)17)11(7-9)15(18)19/h3-4,7,14H,2,5-6,8H2,1H3,(H,16,17). The maximum absolute atomic E-state index is 10.9. The highest BCUT2D eigenvalue weighted by molar-refractivity contribution is 5.93. The van der Waals surface area contributed by atoms with Crippen LogP contribution in [0.5, 0.6) is 0 Å². The van der Waals surface area contributed by atoms with E-state index in [1.807, 2.05) is 0 Å². The molecule has 0 bridgehead atoms. The van der Waals surface area contributed by atoms with Gasteiger partial charge in [0.05, 0.1) is 4.92 Å². The number of carbonyl (C=O) groups is 1. The fourth-order valence-corrected chi connectivity index (χ4v) is 2.10. The number of rotatable bonds is 6. The average molecular weight is 264 g/mol. The number of nitrogens with zero attached hydrogens (tertiary/aromatic N) is 1. The highest BCUT2D eigenvalue weighted by Gasteiger charge is 2.40. The predicted molar refractivity (Wildman–Crippen MR) is 70.5 cm³/mol. The molecule has 2 N–H and O–H groups in total. The summed E-state index contributed by atoms with van der Waals surface area (Å²) in [5, 5.41) is 22.9. The van der Waals surface area contributed by atoms with Gasteiger partial charge in [0.1, 0.15) is 5.56 Å². The van der Waals surface area contributed by atoms with E-state index in [0.29, 0.717) is 11.1 Å². The van der Waals surface area contributed by atoms with E-state index in [-0.39, 0.29) is 11.3 Å². The number of nitrogens with one attached hydrogen (secondary N) is 1. The fourth-order valence-electron chi connectivity index (χ4n) is 2.10. The number of hydrogen-bond donors (Lipinski definition) is 2. The summed E-state index contributed by atoms with van der Waals surface area (Å²) in [5.74, 6) is -1.29. The molecule has 1 aromatic carbocycles. The largest absolute Gasteiger partial charge is 0.477 e. The van der Waals surface area contributed by atoms with Gasteiger partial charge in [-0.1, -0.05) is 6.92 Å². The first-order valence-corrected chi connectivity index (χ1v) is 6.23. The van der Waals surface area contributed by atoms with Crippen LogP contribution in [0.4, 0.5) is 11.4 Å². The van der Waals surface area contributed by atoms with E-state index in [4.69, 9.17) is 5.11 Å². The third-order valence-electron chi connectivity index (χ3n) is 3.80. The number of carboxylic acid groups (broad SMARTS) is 1. The van der Waals surface area contributed by atoms with Crippen LogP contribution in [0.2, 0.25) is 0 Å². The van der Waals surface area contributed by atoms with Gasteiger partial charge in [-0.15, -0.1) is 0 Å². The molecule has 0 aliphatic heterocycles. The summed E-state index contributed by atoms with van der Waals surface area (Å²) in [6, 6.07) is 4.13. The molecule has 1 saturated carbocycles. The minimum absolute atomic E-state index is 0.285. The van der Waals surface area contributed by atoms with E-state index in [2.05, 4.69) is 12.2 Å². The van der Waals surface area contributed by atoms with Crippen molar-refractivity contribution in [2.24, 2.45) is 5.41 Å². The molecule has 0 radical (unpaired) electrons. The van der Waals surface area contributed by atoms with Gasteiger partial charge in [0.2, 0.25) is 0 Å². The van der Waals surface area contributed by atoms with Crippen molar-refractivity contribution < 1.29 is 14.8 Å². The Kier molecular flexibility index (Phi) is 3.42. The number of carboxylic acids is 1. The molecule has 6 nitrogen and oxygen atoms in total. The quantitative estimate of drug-likeness (QED) is 0.608. The number of hydrogen-bond acceptors (Lipinski definition) is 4. The Bertz CT molecular complexity index is 523. The smallest absolute Gasteiger partial charge is 0.342 e. The van der Waals surface area contributed by atoms with Crippen LogP contribution in [0.1, 0.15) is 36.5 Å². The first-order chi connectivity index (χ1) is 8.97. The summed E-state index contributed by atoms with van der Waals surface area (Å²) in [4.78, 5) is 21.1. The van der Waals surface area contributed by atoms with Crippen LogP contribution < -0.4 is 5.32 Å². The van der Waals surface area contributed by atoms with E-state index >= 15 is 0 Å². The van der Waals surface area contributed by atoms with Crippen LogP contribution in [0, 0.1) is 15.5 Å². The first-order valence-electron chi connectivity index (χ1n) is 6.23. The van der Waals surface area contributed by atoms with Crippen LogP contribution >= 0.6 is 0 Å². The zero-order chi connectivity index (χ0) is 14.0.